The number of carbonyl (C=O) groups is 5. The number of nitrogen functional groups attached to an aromatic ring is 1. The molecule has 4 amide bonds. The van der Waals surface area contributed by atoms with E-state index in [9.17, 15) is 83.8 Å². The van der Waals surface area contributed by atoms with Crippen molar-refractivity contribution in [1.29, 1.82) is 0 Å². The highest BCUT2D eigenvalue weighted by atomic mass is 35.5. The van der Waals surface area contributed by atoms with Gasteiger partial charge in [-0.05, 0) is 130 Å². The van der Waals surface area contributed by atoms with E-state index in [2.05, 4.69) is 16.0 Å². The molecule has 5 saturated heterocycles. The molecular formula is C71H75ClN10O20. The number of aryl methyl sites for hydroxylation is 1. The second-order valence-corrected chi connectivity index (χ2v) is 25.4. The van der Waals surface area contributed by atoms with Crippen LogP contribution < -0.4 is 48.1 Å². The number of likely N-dealkylation sites (tertiary alicyclic amines) is 4. The molecule has 536 valence electrons. The van der Waals surface area contributed by atoms with Gasteiger partial charge in [-0.2, -0.15) is 0 Å². The van der Waals surface area contributed by atoms with Crippen molar-refractivity contribution in [1.82, 2.24) is 19.6 Å². The van der Waals surface area contributed by atoms with Crippen LogP contribution in [0.4, 0.5) is 45.5 Å². The zero-order valence-corrected chi connectivity index (χ0v) is 56.4. The monoisotopic (exact) mass is 1420 g/mol. The molecule has 0 spiro atoms. The molecule has 5 unspecified atom stereocenters. The number of carbonyl (C=O) groups excluding carboxylic acids is 5. The quantitative estimate of drug-likeness (QED) is 0.0165. The summed E-state index contributed by atoms with van der Waals surface area (Å²) in [5, 5.41) is 67.2. The number of aliphatic hydroxyl groups is 4. The number of aliphatic hydroxyl groups excluding tert-OH is 4. The summed E-state index contributed by atoms with van der Waals surface area (Å²) in [4.78, 5) is 134. The highest BCUT2D eigenvalue weighted by molar-refractivity contribution is 6.67. The van der Waals surface area contributed by atoms with Crippen LogP contribution in [0.2, 0.25) is 0 Å². The molecule has 5 atom stereocenters. The summed E-state index contributed by atoms with van der Waals surface area (Å²) in [5.74, 6) is 0.759. The van der Waals surface area contributed by atoms with Gasteiger partial charge in [0.2, 0.25) is 0 Å². The summed E-state index contributed by atoms with van der Waals surface area (Å²) in [7, 11) is 0. The molecule has 8 aromatic rings. The van der Waals surface area contributed by atoms with E-state index in [4.69, 9.17) is 31.2 Å². The number of β-amino-alcohol motifs (C(OH)–C–C–N with tert-alkyl or cyclic N) is 4. The lowest BCUT2D eigenvalue weighted by Crippen LogP contribution is -2.49. The lowest BCUT2D eigenvalue weighted by Gasteiger charge is -2.44. The van der Waals surface area contributed by atoms with Gasteiger partial charge in [0.1, 0.15) is 28.6 Å². The lowest BCUT2D eigenvalue weighted by atomic mass is 9.79. The summed E-state index contributed by atoms with van der Waals surface area (Å²) in [6.07, 6.45) is 0.499. The number of nitro benzene ring substituents is 2. The highest BCUT2D eigenvalue weighted by Gasteiger charge is 2.45. The number of furan rings is 1. The number of rotatable bonds is 17. The van der Waals surface area contributed by atoms with Gasteiger partial charge < -0.3 is 75.6 Å². The van der Waals surface area contributed by atoms with Crippen molar-refractivity contribution in [2.75, 3.05) is 93.9 Å². The van der Waals surface area contributed by atoms with E-state index >= 15 is 0 Å². The Bertz CT molecular complexity index is 4530. The normalized spacial score (nSPS) is 18.2. The fourth-order valence-electron chi connectivity index (χ4n) is 11.7. The van der Waals surface area contributed by atoms with Gasteiger partial charge in [-0.15, -0.1) is 0 Å². The van der Waals surface area contributed by atoms with Gasteiger partial charge in [0.15, 0.2) is 5.75 Å². The van der Waals surface area contributed by atoms with Crippen molar-refractivity contribution >= 4 is 86.0 Å². The molecule has 5 aliphatic rings. The number of halogens is 1. The summed E-state index contributed by atoms with van der Waals surface area (Å²) < 4.78 is 16.4. The van der Waals surface area contributed by atoms with Crippen molar-refractivity contribution in [3.05, 3.63) is 234 Å². The fraction of sp³-hybridized carbons (Fsp3) is 0.338. The van der Waals surface area contributed by atoms with E-state index < -0.39 is 55.1 Å². The first-order chi connectivity index (χ1) is 48.6. The largest absolute Gasteiger partial charge is 0.488 e. The number of anilines is 6. The van der Waals surface area contributed by atoms with Crippen LogP contribution in [-0.2, 0) is 4.74 Å². The van der Waals surface area contributed by atoms with Crippen molar-refractivity contribution in [2.24, 2.45) is 5.41 Å². The van der Waals surface area contributed by atoms with Gasteiger partial charge in [0.25, 0.3) is 62.0 Å². The third kappa shape index (κ3) is 18.5. The van der Waals surface area contributed by atoms with Crippen LogP contribution in [-0.4, -0.2) is 175 Å². The molecule has 5 fully saturated rings. The number of non-ortho nitro benzene ring substituents is 2. The second-order valence-electron chi connectivity index (χ2n) is 25.1. The van der Waals surface area contributed by atoms with Crippen molar-refractivity contribution in [3.63, 3.8) is 0 Å². The number of ether oxygens (including phenoxy) is 2. The maximum Gasteiger partial charge on any atom is 0.272 e. The Morgan fingerprint density at radius 2 is 0.961 bits per heavy atom. The number of amides is 4. The first-order valence-electron chi connectivity index (χ1n) is 32.5. The zero-order valence-electron chi connectivity index (χ0n) is 55.7. The van der Waals surface area contributed by atoms with Crippen LogP contribution >= 0.6 is 11.6 Å². The number of hydrogen-bond acceptors (Lipinski definition) is 24. The number of nitrogens with zero attached hydrogens (tertiary/aromatic N) is 6. The van der Waals surface area contributed by atoms with E-state index in [0.717, 1.165) is 11.8 Å². The number of nitrogens with two attached hydrogens (primary N) is 1. The van der Waals surface area contributed by atoms with Crippen LogP contribution in [0, 0.1) is 32.6 Å². The Morgan fingerprint density at radius 3 is 1.34 bits per heavy atom. The molecule has 7 aromatic carbocycles. The molecular weight excluding hydrogens is 1350 g/mol. The van der Waals surface area contributed by atoms with Gasteiger partial charge in [0, 0.05) is 127 Å². The van der Waals surface area contributed by atoms with Crippen LogP contribution in [0.1, 0.15) is 109 Å². The molecule has 0 aliphatic carbocycles. The number of hydrogen-bond donors (Lipinski definition) is 8. The predicted octanol–water partition coefficient (Wildman–Crippen LogP) is 6.21. The Labute approximate surface area is 587 Å². The average Bonchev–Trinajstić information content (AvgIpc) is 0.852. The molecule has 1 aromatic heterocycles. The maximum atomic E-state index is 12.8. The Hall–Kier alpha value is -11.0. The molecule has 13 rings (SSSR count). The Balaban J connectivity index is 0.000000156. The first-order valence-corrected chi connectivity index (χ1v) is 32.9. The fourth-order valence-corrected chi connectivity index (χ4v) is 11.8. The zero-order chi connectivity index (χ0) is 73.7. The van der Waals surface area contributed by atoms with Gasteiger partial charge in [0.05, 0.1) is 60.1 Å². The SMILES string of the molecule is CCOc1c(Nc2cccc(C(=O)N3CCC(O)C3)c2)c(=O)c1=O.Cc1ccc(C(Nc2c(Nc3cccc(C(=O)N4CCC(O)C4)c3)c(=O)c2=O)C2(C)COC2)o1.Nc1cccc(C(=O)N2CCC(O)C2)c1.O=C(Cl)c1cccc([N+](=O)[O-])c1.O=C(c1cccc([N+](=O)[O-])c1)N1CCC(O)C1. The minimum absolute atomic E-state index is 0.0295. The Kier molecular flexibility index (Phi) is 24.6. The molecule has 0 saturated carbocycles. The average molecular weight is 1420 g/mol. The maximum absolute atomic E-state index is 12.8. The van der Waals surface area contributed by atoms with E-state index in [1.54, 1.807) is 100 Å². The van der Waals surface area contributed by atoms with Gasteiger partial charge in [-0.3, -0.25) is 63.4 Å². The summed E-state index contributed by atoms with van der Waals surface area (Å²) in [6, 6.07) is 34.6. The number of nitrogens with one attached hydrogen (secondary N) is 3. The van der Waals surface area contributed by atoms with Crippen LogP contribution in [0.25, 0.3) is 0 Å². The van der Waals surface area contributed by atoms with Gasteiger partial charge in [-0.1, -0.05) is 37.3 Å². The van der Waals surface area contributed by atoms with E-state index in [1.165, 1.54) is 41.3 Å². The molecule has 102 heavy (non-hydrogen) atoms. The summed E-state index contributed by atoms with van der Waals surface area (Å²) in [5.41, 5.74) is 6.56. The standard InChI is InChI=1S/C25H27N3O6.C17H18N2O5.C11H12N2O4.C11H14N2O2.C7H4ClNO3/c1-14-6-7-18(34-14)23(25(2)12-33-13-25)27-20-19(21(30)22(20)31)26-16-5-3-4-15(10-16)24(32)28-9-8-17(29)11-28;1-2-24-16-13(14(21)15(16)22)18-11-5-3-4-10(8-11)17(23)19-7-6-12(20)9-19;14-10-4-5-12(7-10)11(15)8-2-1-3-9(6-8)13(16)17;12-9-3-1-2-8(6-9)11(15)13-5-4-10(14)7-13;8-7(10)5-2-1-3-6(4-5)9(11)12/h3-7,10,17,23,26-27,29H,8-9,11-13H2,1-2H3;3-5,8,12,18,20H,2,6-7,9H2,1H3;1-3,6,10,14H,4-5,7H2;1-3,6,10,14H,4-5,7,12H2;1-4H. The number of benzene rings is 5. The molecule has 6 heterocycles. The summed E-state index contributed by atoms with van der Waals surface area (Å²) in [6.45, 7) is 10.4. The van der Waals surface area contributed by atoms with E-state index in [-0.39, 0.29) is 93.1 Å². The lowest BCUT2D eigenvalue weighted by molar-refractivity contribution is -0.385. The molecule has 30 nitrogen and oxygen atoms in total. The number of nitro groups is 2. The summed E-state index contributed by atoms with van der Waals surface area (Å²) >= 11 is 5.12. The smallest absolute Gasteiger partial charge is 0.272 e. The second kappa shape index (κ2) is 33.4. The van der Waals surface area contributed by atoms with E-state index in [0.29, 0.717) is 131 Å². The third-order valence-electron chi connectivity index (χ3n) is 17.2. The minimum Gasteiger partial charge on any atom is -0.488 e. The molecule has 31 heteroatoms. The van der Waals surface area contributed by atoms with Crippen LogP contribution in [0.3, 0.4) is 0 Å². The molecule has 0 bridgehead atoms. The minimum atomic E-state index is -0.696. The van der Waals surface area contributed by atoms with Crippen LogP contribution in [0.5, 0.6) is 5.75 Å². The highest BCUT2D eigenvalue weighted by Crippen LogP contribution is 2.43. The molecule has 0 radical (unpaired) electrons. The van der Waals surface area contributed by atoms with Crippen molar-refractivity contribution in [3.8, 4) is 5.75 Å². The van der Waals surface area contributed by atoms with Gasteiger partial charge in [-0.25, -0.2) is 0 Å². The van der Waals surface area contributed by atoms with Crippen LogP contribution in [0.15, 0.2) is 157 Å². The van der Waals surface area contributed by atoms with Crippen molar-refractivity contribution in [2.45, 2.75) is 76.9 Å². The first kappa shape index (κ1) is 75.2. The van der Waals surface area contributed by atoms with Gasteiger partial charge >= 0.3 is 0 Å². The van der Waals surface area contributed by atoms with E-state index in [1.807, 2.05) is 26.0 Å². The topological polar surface area (TPSA) is 428 Å². The molecule has 9 N–H and O–H groups in total. The predicted molar refractivity (Wildman–Crippen MR) is 375 cm³/mol. The molecule has 5 aliphatic heterocycles. The third-order valence-corrected chi connectivity index (χ3v) is 17.5. The van der Waals surface area contributed by atoms with Crippen molar-refractivity contribution < 1.29 is 68.1 Å². The Morgan fingerprint density at radius 1 is 0.569 bits per heavy atom.